The minimum Gasteiger partial charge on any atom is -0.256 e. The second kappa shape index (κ2) is 10.8. The minimum absolute atomic E-state index is 0.944. The van der Waals surface area contributed by atoms with Crippen LogP contribution in [0.3, 0.4) is 0 Å². The molecule has 0 aliphatic carbocycles. The van der Waals surface area contributed by atoms with Crippen molar-refractivity contribution in [1.82, 2.24) is 14.8 Å². The zero-order chi connectivity index (χ0) is 23.9. The second-order valence-electron chi connectivity index (χ2n) is 9.46. The Morgan fingerprint density at radius 2 is 1.35 bits per heavy atom. The summed E-state index contributed by atoms with van der Waals surface area (Å²) in [6, 6.07) is 33.2. The summed E-state index contributed by atoms with van der Waals surface area (Å²) >= 11 is 0. The van der Waals surface area contributed by atoms with Gasteiger partial charge in [0.25, 0.3) is 0 Å². The quantitative estimate of drug-likeness (QED) is 0.203. The number of hydrogen-bond donors (Lipinski definition) is 0. The molecule has 0 aliphatic heterocycles. The highest BCUT2D eigenvalue weighted by molar-refractivity contribution is 7.10. The number of allylic oxidation sites excluding steroid dienone is 2. The molecular weight excluding hydrogens is 447 g/mol. The Morgan fingerprint density at radius 1 is 0.765 bits per heavy atom. The number of benzene rings is 3. The van der Waals surface area contributed by atoms with Gasteiger partial charge in [0, 0.05) is 6.17 Å². The largest absolute Gasteiger partial charge is 0.256 e. The fraction of sp³-hybridized carbons (Fsp3) is 0.172. The molecule has 0 spiro atoms. The van der Waals surface area contributed by atoms with E-state index in [-0.39, 0.29) is 0 Å². The molecule has 172 valence electrons. The Labute approximate surface area is 205 Å². The fourth-order valence-electron chi connectivity index (χ4n) is 5.27. The van der Waals surface area contributed by atoms with Crippen LogP contribution >= 0.6 is 0 Å². The summed E-state index contributed by atoms with van der Waals surface area (Å²) < 4.78 is 2.02. The maximum Gasteiger partial charge on any atom is 0.137 e. The summed E-state index contributed by atoms with van der Waals surface area (Å²) in [6.07, 6.45) is 8.68. The van der Waals surface area contributed by atoms with E-state index in [1.807, 2.05) is 11.0 Å². The van der Waals surface area contributed by atoms with E-state index >= 15 is 0 Å². The van der Waals surface area contributed by atoms with Crippen LogP contribution in [0.2, 0.25) is 24.3 Å². The van der Waals surface area contributed by atoms with Gasteiger partial charge in [-0.1, -0.05) is 120 Å². The molecule has 1 heterocycles. The van der Waals surface area contributed by atoms with Gasteiger partial charge in [0.1, 0.15) is 20.7 Å². The van der Waals surface area contributed by atoms with Gasteiger partial charge < -0.3 is 0 Å². The molecule has 3 aromatic carbocycles. The van der Waals surface area contributed by atoms with E-state index in [0.29, 0.717) is 0 Å². The van der Waals surface area contributed by atoms with Crippen LogP contribution in [-0.4, -0.2) is 30.9 Å². The zero-order valence-corrected chi connectivity index (χ0v) is 22.0. The van der Waals surface area contributed by atoms with E-state index in [9.17, 15) is 0 Å². The van der Waals surface area contributed by atoms with Crippen molar-refractivity contribution in [2.24, 2.45) is 0 Å². The molecule has 0 fully saturated rings. The van der Waals surface area contributed by atoms with E-state index in [1.54, 1.807) is 6.33 Å². The molecule has 0 bridgehead atoms. The monoisotopic (exact) mass is 479 g/mol. The first-order valence-electron chi connectivity index (χ1n) is 11.8. The van der Waals surface area contributed by atoms with Gasteiger partial charge in [-0.25, -0.2) is 4.98 Å². The van der Waals surface area contributed by atoms with Crippen molar-refractivity contribution in [2.45, 2.75) is 30.5 Å². The Bertz CT molecular complexity index is 1190. The topological polar surface area (TPSA) is 30.7 Å². The number of nitrogens with zero attached hydrogens (tertiary/aromatic N) is 3. The molecule has 3 nitrogen and oxygen atoms in total. The van der Waals surface area contributed by atoms with Crippen LogP contribution in [0.5, 0.6) is 0 Å². The predicted octanol–water partition coefficient (Wildman–Crippen LogP) is 5.74. The van der Waals surface area contributed by atoms with Crippen molar-refractivity contribution in [3.63, 3.8) is 0 Å². The molecule has 0 amide bonds. The third-order valence-corrected chi connectivity index (χ3v) is 18.8. The molecule has 2 unspecified atom stereocenters. The van der Waals surface area contributed by atoms with E-state index < -0.39 is 16.1 Å². The van der Waals surface area contributed by atoms with Crippen LogP contribution < -0.4 is 10.4 Å². The van der Waals surface area contributed by atoms with Gasteiger partial charge >= 0.3 is 0 Å². The standard InChI is InChI=1S/C29H33N3Si2/c1-4-20-33(3,24-32-23-30-22-31-32)25-34(21-5-2,28-14-10-7-11-15-28)29-18-16-27(17-19-29)26-12-8-6-9-13-26/h4-19,22-23H,1-2,20-21,24-25H2,3H3. The molecule has 0 N–H and O–H groups in total. The van der Waals surface area contributed by atoms with Crippen molar-refractivity contribution >= 4 is 26.5 Å². The van der Waals surface area contributed by atoms with Crippen molar-refractivity contribution < 1.29 is 0 Å². The van der Waals surface area contributed by atoms with Crippen molar-refractivity contribution in [3.05, 3.63) is 123 Å². The molecule has 34 heavy (non-hydrogen) atoms. The highest BCUT2D eigenvalue weighted by Gasteiger charge is 2.43. The van der Waals surface area contributed by atoms with Crippen LogP contribution in [0, 0.1) is 0 Å². The van der Waals surface area contributed by atoms with Gasteiger partial charge in [0.15, 0.2) is 0 Å². The summed E-state index contributed by atoms with van der Waals surface area (Å²) in [4.78, 5) is 4.20. The van der Waals surface area contributed by atoms with Crippen LogP contribution in [0.15, 0.2) is 123 Å². The second-order valence-corrected chi connectivity index (χ2v) is 18.9. The molecule has 0 saturated heterocycles. The lowest BCUT2D eigenvalue weighted by atomic mass is 10.1. The van der Waals surface area contributed by atoms with Crippen molar-refractivity contribution in [1.29, 1.82) is 0 Å². The lowest BCUT2D eigenvalue weighted by Crippen LogP contribution is -2.63. The van der Waals surface area contributed by atoms with Crippen LogP contribution in [0.4, 0.5) is 0 Å². The van der Waals surface area contributed by atoms with Crippen molar-refractivity contribution in [3.8, 4) is 11.1 Å². The molecule has 1 aromatic heterocycles. The number of aromatic nitrogens is 3. The zero-order valence-electron chi connectivity index (χ0n) is 20.0. The smallest absolute Gasteiger partial charge is 0.137 e. The Balaban J connectivity index is 1.81. The van der Waals surface area contributed by atoms with E-state index in [1.165, 1.54) is 27.2 Å². The molecule has 4 aromatic rings. The lowest BCUT2D eigenvalue weighted by Gasteiger charge is -2.39. The van der Waals surface area contributed by atoms with Gasteiger partial charge in [0.2, 0.25) is 0 Å². The molecule has 4 rings (SSSR count). The average molecular weight is 480 g/mol. The summed E-state index contributed by atoms with van der Waals surface area (Å²) in [6.45, 7) is 10.8. The molecular formula is C29H33N3Si2. The molecule has 5 heteroatoms. The summed E-state index contributed by atoms with van der Waals surface area (Å²) in [5.41, 5.74) is 3.71. The van der Waals surface area contributed by atoms with E-state index in [0.717, 1.165) is 18.3 Å². The maximum absolute atomic E-state index is 4.45. The Kier molecular flexibility index (Phi) is 7.55. The number of rotatable bonds is 11. The first-order valence-corrected chi connectivity index (χ1v) is 17.4. The van der Waals surface area contributed by atoms with Crippen LogP contribution in [0.25, 0.3) is 11.1 Å². The molecule has 0 radical (unpaired) electrons. The van der Waals surface area contributed by atoms with Gasteiger partial charge in [-0.2, -0.15) is 5.10 Å². The fourth-order valence-corrected chi connectivity index (χ4v) is 19.0. The average Bonchev–Trinajstić information content (AvgIpc) is 3.37. The van der Waals surface area contributed by atoms with Crippen LogP contribution in [0.1, 0.15) is 0 Å². The third kappa shape index (κ3) is 5.27. The molecule has 0 aliphatic rings. The Hall–Kier alpha value is -3.29. The third-order valence-electron chi connectivity index (χ3n) is 6.74. The van der Waals surface area contributed by atoms with Gasteiger partial charge in [-0.05, 0) is 23.2 Å². The first-order chi connectivity index (χ1) is 16.6. The Morgan fingerprint density at radius 3 is 1.94 bits per heavy atom. The lowest BCUT2D eigenvalue weighted by molar-refractivity contribution is 0.719. The summed E-state index contributed by atoms with van der Waals surface area (Å²) in [7, 11) is -3.96. The van der Waals surface area contributed by atoms with Gasteiger partial charge in [-0.3, -0.25) is 4.68 Å². The highest BCUT2D eigenvalue weighted by Crippen LogP contribution is 2.29. The summed E-state index contributed by atoms with van der Waals surface area (Å²) in [5.74, 6) is 0. The normalized spacial score (nSPS) is 14.6. The van der Waals surface area contributed by atoms with Crippen molar-refractivity contribution in [2.75, 3.05) is 0 Å². The van der Waals surface area contributed by atoms with Crippen LogP contribution in [-0.2, 0) is 6.17 Å². The van der Waals surface area contributed by atoms with Gasteiger partial charge in [0.05, 0.1) is 8.07 Å². The van der Waals surface area contributed by atoms with Gasteiger partial charge in [-0.15, -0.1) is 13.2 Å². The summed E-state index contributed by atoms with van der Waals surface area (Å²) in [5, 5.41) is 7.40. The molecule has 2 atom stereocenters. The highest BCUT2D eigenvalue weighted by atomic mass is 28.4. The maximum atomic E-state index is 4.45. The van der Waals surface area contributed by atoms with E-state index in [2.05, 4.69) is 127 Å². The molecule has 0 saturated carbocycles. The van der Waals surface area contributed by atoms with E-state index in [4.69, 9.17) is 0 Å². The minimum atomic E-state index is -2.14. The SMILES string of the molecule is C=CC[Si](C)(Cn1cncn1)C[Si](CC=C)(c1ccccc1)c1ccc(-c2ccccc2)cc1. The predicted molar refractivity (Wildman–Crippen MR) is 150 cm³/mol. The first kappa shape index (κ1) is 23.9. The number of hydrogen-bond acceptors (Lipinski definition) is 2.